The van der Waals surface area contributed by atoms with E-state index in [0.717, 1.165) is 12.0 Å². The highest BCUT2D eigenvalue weighted by molar-refractivity contribution is 7.41. The lowest BCUT2D eigenvalue weighted by Gasteiger charge is -2.24. The van der Waals surface area contributed by atoms with Crippen molar-refractivity contribution in [1.82, 2.24) is 0 Å². The van der Waals surface area contributed by atoms with Gasteiger partial charge < -0.3 is 13.6 Å². The van der Waals surface area contributed by atoms with Gasteiger partial charge in [-0.3, -0.25) is 4.79 Å². The van der Waals surface area contributed by atoms with Gasteiger partial charge in [-0.15, -0.1) is 0 Å². The molecular formula is C13H17O4P. The molecule has 0 aromatic heterocycles. The number of hydrogen-bond acceptors (Lipinski definition) is 4. The quantitative estimate of drug-likeness (QED) is 0.618. The Hall–Kier alpha value is -0.800. The fraction of sp³-hybridized carbons (Fsp3) is 0.462. The van der Waals surface area contributed by atoms with Crippen LogP contribution in [0.2, 0.25) is 0 Å². The van der Waals surface area contributed by atoms with Crippen molar-refractivity contribution in [2.45, 2.75) is 26.4 Å². The first-order valence-electron chi connectivity index (χ1n) is 6.00. The van der Waals surface area contributed by atoms with Gasteiger partial charge in [0.25, 0.3) is 0 Å². The van der Waals surface area contributed by atoms with Gasteiger partial charge in [0.15, 0.2) is 5.78 Å². The van der Waals surface area contributed by atoms with Crippen LogP contribution in [0.3, 0.4) is 0 Å². The number of hydrogen-bond donors (Lipinski definition) is 0. The van der Waals surface area contributed by atoms with Crippen molar-refractivity contribution in [3.63, 3.8) is 0 Å². The Bertz CT molecular complexity index is 398. The SMILES string of the molecule is CC(=O)c1ccc([C@@H](C)OP2OCCCO2)cc1. The average Bonchev–Trinajstić information content (AvgIpc) is 2.40. The Morgan fingerprint density at radius 2 is 1.89 bits per heavy atom. The number of ketones is 1. The van der Waals surface area contributed by atoms with E-state index >= 15 is 0 Å². The zero-order valence-electron chi connectivity index (χ0n) is 10.6. The van der Waals surface area contributed by atoms with Crippen LogP contribution in [0, 0.1) is 0 Å². The fourth-order valence-corrected chi connectivity index (χ4v) is 2.75. The van der Waals surface area contributed by atoms with Crippen LogP contribution in [0.4, 0.5) is 0 Å². The van der Waals surface area contributed by atoms with Crippen LogP contribution in [0.15, 0.2) is 24.3 Å². The second-order valence-electron chi connectivity index (χ2n) is 4.17. The average molecular weight is 268 g/mol. The van der Waals surface area contributed by atoms with Crippen molar-refractivity contribution in [2.24, 2.45) is 0 Å². The van der Waals surface area contributed by atoms with Crippen molar-refractivity contribution >= 4 is 14.4 Å². The van der Waals surface area contributed by atoms with Crippen molar-refractivity contribution in [1.29, 1.82) is 0 Å². The summed E-state index contributed by atoms with van der Waals surface area (Å²) in [5, 5.41) is 0. The molecule has 1 aliphatic rings. The van der Waals surface area contributed by atoms with Gasteiger partial charge in [-0.25, -0.2) is 0 Å². The van der Waals surface area contributed by atoms with Crippen molar-refractivity contribution in [3.8, 4) is 0 Å². The van der Waals surface area contributed by atoms with Crippen molar-refractivity contribution in [2.75, 3.05) is 13.2 Å². The lowest BCUT2D eigenvalue weighted by Crippen LogP contribution is -2.08. The molecule has 1 heterocycles. The maximum atomic E-state index is 11.2. The summed E-state index contributed by atoms with van der Waals surface area (Å²) < 4.78 is 16.5. The lowest BCUT2D eigenvalue weighted by molar-refractivity contribution is 0.0915. The molecule has 1 atom stereocenters. The highest BCUT2D eigenvalue weighted by Crippen LogP contribution is 2.46. The summed E-state index contributed by atoms with van der Waals surface area (Å²) in [6.07, 6.45) is 0.819. The molecule has 0 aliphatic carbocycles. The minimum atomic E-state index is -1.22. The van der Waals surface area contributed by atoms with Crippen LogP contribution in [0.1, 0.15) is 42.3 Å². The summed E-state index contributed by atoms with van der Waals surface area (Å²) in [6, 6.07) is 7.43. The third-order valence-electron chi connectivity index (χ3n) is 2.71. The molecule has 0 unspecified atom stereocenters. The van der Waals surface area contributed by atoms with E-state index in [1.165, 1.54) is 0 Å². The van der Waals surface area contributed by atoms with Gasteiger partial charge in [-0.2, -0.15) is 0 Å². The molecule has 98 valence electrons. The first-order valence-corrected chi connectivity index (χ1v) is 7.10. The number of benzene rings is 1. The van der Waals surface area contributed by atoms with E-state index in [2.05, 4.69) is 0 Å². The van der Waals surface area contributed by atoms with Crippen molar-refractivity contribution in [3.05, 3.63) is 35.4 Å². The Kier molecular flexibility index (Phi) is 4.84. The summed E-state index contributed by atoms with van der Waals surface area (Å²) >= 11 is 0. The summed E-state index contributed by atoms with van der Waals surface area (Å²) in [5.74, 6) is 0.0680. The van der Waals surface area contributed by atoms with Gasteiger partial charge in [0, 0.05) is 5.56 Å². The molecule has 5 heteroatoms. The maximum absolute atomic E-state index is 11.2. The summed E-state index contributed by atoms with van der Waals surface area (Å²) in [5.41, 5.74) is 1.72. The second kappa shape index (κ2) is 6.39. The largest absolute Gasteiger partial charge is 0.333 e. The minimum absolute atomic E-state index is 0.0680. The zero-order chi connectivity index (χ0) is 13.0. The molecule has 0 bridgehead atoms. The van der Waals surface area contributed by atoms with E-state index in [4.69, 9.17) is 13.6 Å². The monoisotopic (exact) mass is 268 g/mol. The van der Waals surface area contributed by atoms with E-state index in [9.17, 15) is 4.79 Å². The highest BCUT2D eigenvalue weighted by Gasteiger charge is 2.20. The summed E-state index contributed by atoms with van der Waals surface area (Å²) in [7, 11) is -1.22. The molecule has 1 aromatic rings. The number of carbonyl (C=O) groups is 1. The van der Waals surface area contributed by atoms with Crippen LogP contribution in [-0.2, 0) is 13.6 Å². The molecule has 0 spiro atoms. The molecule has 0 saturated carbocycles. The number of carbonyl (C=O) groups excluding carboxylic acids is 1. The predicted octanol–water partition coefficient (Wildman–Crippen LogP) is 3.63. The smallest absolute Gasteiger partial charge is 0.312 e. The zero-order valence-corrected chi connectivity index (χ0v) is 11.5. The topological polar surface area (TPSA) is 44.8 Å². The molecule has 4 nitrogen and oxygen atoms in total. The molecule has 1 saturated heterocycles. The van der Waals surface area contributed by atoms with Gasteiger partial charge >= 0.3 is 8.60 Å². The van der Waals surface area contributed by atoms with Crippen LogP contribution < -0.4 is 0 Å². The maximum Gasteiger partial charge on any atom is 0.333 e. The molecule has 0 amide bonds. The van der Waals surface area contributed by atoms with Crippen LogP contribution in [-0.4, -0.2) is 19.0 Å². The van der Waals surface area contributed by atoms with Gasteiger partial charge in [0.1, 0.15) is 0 Å². The standard InChI is InChI=1S/C13H17O4P/c1-10(14)12-4-6-13(7-5-12)11(2)17-18-15-8-3-9-16-18/h4-7,11H,3,8-9H2,1-2H3/t11-/m1/s1. The second-order valence-corrected chi connectivity index (χ2v) is 5.34. The molecule has 0 N–H and O–H groups in total. The van der Waals surface area contributed by atoms with Gasteiger partial charge in [0.05, 0.1) is 19.3 Å². The van der Waals surface area contributed by atoms with Crippen molar-refractivity contribution < 1.29 is 18.4 Å². The summed E-state index contributed by atoms with van der Waals surface area (Å²) in [6.45, 7) is 4.90. The predicted molar refractivity (Wildman–Crippen MR) is 69.4 cm³/mol. The third-order valence-corrected chi connectivity index (χ3v) is 3.99. The lowest BCUT2D eigenvalue weighted by atomic mass is 10.1. The molecule has 0 radical (unpaired) electrons. The molecule has 1 aromatic carbocycles. The van der Waals surface area contributed by atoms with E-state index in [1.807, 2.05) is 31.2 Å². The van der Waals surface area contributed by atoms with E-state index in [-0.39, 0.29) is 11.9 Å². The van der Waals surface area contributed by atoms with Gasteiger partial charge in [-0.05, 0) is 25.8 Å². The number of Topliss-reactive ketones (excluding diaryl/α,β-unsaturated/α-hetero) is 1. The highest BCUT2D eigenvalue weighted by atomic mass is 31.2. The molecule has 1 fully saturated rings. The normalized spacial score (nSPS) is 18.6. The Labute approximate surface area is 108 Å². The molecule has 18 heavy (non-hydrogen) atoms. The molecule has 1 aliphatic heterocycles. The molecule has 2 rings (SSSR count). The fourth-order valence-electron chi connectivity index (χ4n) is 1.61. The van der Waals surface area contributed by atoms with Crippen LogP contribution in [0.5, 0.6) is 0 Å². The van der Waals surface area contributed by atoms with E-state index in [1.54, 1.807) is 6.92 Å². The van der Waals surface area contributed by atoms with Crippen LogP contribution in [0.25, 0.3) is 0 Å². The minimum Gasteiger partial charge on any atom is -0.312 e. The van der Waals surface area contributed by atoms with E-state index < -0.39 is 8.60 Å². The first-order chi connectivity index (χ1) is 8.66. The Morgan fingerprint density at radius 1 is 1.28 bits per heavy atom. The van der Waals surface area contributed by atoms with Crippen LogP contribution >= 0.6 is 8.60 Å². The Morgan fingerprint density at radius 3 is 2.44 bits per heavy atom. The van der Waals surface area contributed by atoms with E-state index in [0.29, 0.717) is 18.8 Å². The number of rotatable bonds is 4. The third kappa shape index (κ3) is 3.59. The van der Waals surface area contributed by atoms with Gasteiger partial charge in [-0.1, -0.05) is 24.3 Å². The first kappa shape index (κ1) is 13.6. The molecular weight excluding hydrogens is 251 g/mol. The Balaban J connectivity index is 1.95. The summed E-state index contributed by atoms with van der Waals surface area (Å²) in [4.78, 5) is 11.2. The van der Waals surface area contributed by atoms with Gasteiger partial charge in [0.2, 0.25) is 0 Å².